The molecule has 1 heterocycles. The van der Waals surface area contributed by atoms with Crippen molar-refractivity contribution in [2.45, 2.75) is 26.1 Å². The van der Waals surface area contributed by atoms with Crippen LogP contribution in [-0.4, -0.2) is 56.7 Å². The number of hydrogen-bond donors (Lipinski definition) is 1. The molecule has 3 unspecified atom stereocenters. The van der Waals surface area contributed by atoms with Gasteiger partial charge in [0.05, 0.1) is 25.7 Å². The van der Waals surface area contributed by atoms with Crippen LogP contribution >= 0.6 is 0 Å². The lowest BCUT2D eigenvalue weighted by Gasteiger charge is -2.38. The number of carbonyl (C=O) groups is 1. The number of esters is 1. The van der Waals surface area contributed by atoms with Crippen molar-refractivity contribution in [1.82, 2.24) is 10.2 Å². The van der Waals surface area contributed by atoms with E-state index >= 15 is 0 Å². The number of halogens is 1. The van der Waals surface area contributed by atoms with Crippen molar-refractivity contribution in [3.8, 4) is 0 Å². The number of benzene rings is 1. The highest BCUT2D eigenvalue weighted by Crippen LogP contribution is 2.25. The van der Waals surface area contributed by atoms with Crippen molar-refractivity contribution < 1.29 is 18.7 Å². The number of carbonyl (C=O) groups excluding carboxylic acids is 1. The zero-order valence-corrected chi connectivity index (χ0v) is 15.2. The monoisotopic (exact) mass is 351 g/mol. The molecule has 1 aliphatic heterocycles. The van der Waals surface area contributed by atoms with Gasteiger partial charge < -0.3 is 19.7 Å². The molecular weight excluding hydrogens is 325 g/mol. The van der Waals surface area contributed by atoms with Crippen LogP contribution in [0.25, 0.3) is 0 Å². The summed E-state index contributed by atoms with van der Waals surface area (Å²) >= 11 is 0. The Morgan fingerprint density at radius 2 is 2.12 bits per heavy atom. The van der Waals surface area contributed by atoms with E-state index in [4.69, 9.17) is 9.47 Å². The predicted octanol–water partition coefficient (Wildman–Crippen LogP) is 1.97. The molecule has 3 atom stereocenters. The summed E-state index contributed by atoms with van der Waals surface area (Å²) in [6.45, 7) is 5.51. The van der Waals surface area contributed by atoms with E-state index in [1.807, 2.05) is 6.92 Å². The average Bonchev–Trinajstić information content (AvgIpc) is 2.61. The first kappa shape index (κ1) is 19.2. The molecule has 0 aliphatic carbocycles. The Bertz CT molecular complexity index is 606. The van der Waals surface area contributed by atoms with Crippen LogP contribution in [0.3, 0.4) is 0 Å². The molecule has 2 rings (SSSR count). The van der Waals surface area contributed by atoms with E-state index < -0.39 is 0 Å². The standard InChI is InChI=1S/C18H26FN3O3/c1-12(17(23)24-4)9-21-18(20-3)22-10-13(2)25-16(11-22)14-5-7-15(19)8-6-14/h5-8,12-13,16H,9-11H2,1-4H3,(H,20,21). The predicted molar refractivity (Wildman–Crippen MR) is 93.8 cm³/mol. The van der Waals surface area contributed by atoms with Crippen molar-refractivity contribution >= 4 is 11.9 Å². The maximum absolute atomic E-state index is 13.1. The lowest BCUT2D eigenvalue weighted by atomic mass is 10.1. The summed E-state index contributed by atoms with van der Waals surface area (Å²) in [5, 5.41) is 3.22. The van der Waals surface area contributed by atoms with Crippen molar-refractivity contribution in [1.29, 1.82) is 0 Å². The molecule has 0 aromatic heterocycles. The number of aliphatic imine (C=N–C) groups is 1. The molecule has 0 spiro atoms. The molecule has 0 radical (unpaired) electrons. The molecule has 0 saturated carbocycles. The van der Waals surface area contributed by atoms with Gasteiger partial charge in [-0.15, -0.1) is 0 Å². The first-order chi connectivity index (χ1) is 11.9. The fourth-order valence-electron chi connectivity index (χ4n) is 2.85. The number of guanidine groups is 1. The second-order valence-electron chi connectivity index (χ2n) is 6.24. The van der Waals surface area contributed by atoms with Crippen molar-refractivity contribution in [3.05, 3.63) is 35.6 Å². The molecule has 1 aromatic carbocycles. The van der Waals surface area contributed by atoms with E-state index in [0.717, 1.165) is 5.56 Å². The van der Waals surface area contributed by atoms with E-state index in [1.54, 1.807) is 26.1 Å². The number of morpholine rings is 1. The Kier molecular flexibility index (Phi) is 6.75. The Hall–Kier alpha value is -2.15. The molecule has 1 N–H and O–H groups in total. The van der Waals surface area contributed by atoms with Gasteiger partial charge >= 0.3 is 5.97 Å². The van der Waals surface area contributed by atoms with Gasteiger partial charge in [-0.05, 0) is 24.6 Å². The molecule has 0 bridgehead atoms. The summed E-state index contributed by atoms with van der Waals surface area (Å²) in [6, 6.07) is 6.36. The summed E-state index contributed by atoms with van der Waals surface area (Å²) < 4.78 is 23.9. The molecule has 1 aliphatic rings. The summed E-state index contributed by atoms with van der Waals surface area (Å²) in [6.07, 6.45) is -0.165. The van der Waals surface area contributed by atoms with Crippen LogP contribution in [-0.2, 0) is 14.3 Å². The van der Waals surface area contributed by atoms with Gasteiger partial charge in [0.25, 0.3) is 0 Å². The molecule has 1 saturated heterocycles. The van der Waals surface area contributed by atoms with Gasteiger partial charge in [-0.1, -0.05) is 19.1 Å². The van der Waals surface area contributed by atoms with Crippen LogP contribution in [0.1, 0.15) is 25.5 Å². The van der Waals surface area contributed by atoms with Crippen LogP contribution in [0.15, 0.2) is 29.3 Å². The topological polar surface area (TPSA) is 63.2 Å². The lowest BCUT2D eigenvalue weighted by Crippen LogP contribution is -2.51. The minimum absolute atomic E-state index is 0.000355. The zero-order chi connectivity index (χ0) is 18.4. The van der Waals surface area contributed by atoms with E-state index in [2.05, 4.69) is 15.2 Å². The number of nitrogens with one attached hydrogen (secondary N) is 1. The van der Waals surface area contributed by atoms with Crippen LogP contribution in [0, 0.1) is 11.7 Å². The lowest BCUT2D eigenvalue weighted by molar-refractivity contribution is -0.144. The van der Waals surface area contributed by atoms with E-state index in [0.29, 0.717) is 25.6 Å². The molecule has 0 amide bonds. The van der Waals surface area contributed by atoms with Crippen molar-refractivity contribution in [2.24, 2.45) is 10.9 Å². The Morgan fingerprint density at radius 3 is 2.72 bits per heavy atom. The van der Waals surface area contributed by atoms with Gasteiger partial charge in [-0.25, -0.2) is 4.39 Å². The first-order valence-electron chi connectivity index (χ1n) is 8.39. The fourth-order valence-corrected chi connectivity index (χ4v) is 2.85. The molecule has 25 heavy (non-hydrogen) atoms. The Morgan fingerprint density at radius 1 is 1.44 bits per heavy atom. The maximum atomic E-state index is 13.1. The minimum atomic E-state index is -0.270. The van der Waals surface area contributed by atoms with E-state index in [9.17, 15) is 9.18 Å². The molecule has 7 heteroatoms. The normalized spacial score (nSPS) is 22.4. The van der Waals surface area contributed by atoms with Gasteiger partial charge in [0.15, 0.2) is 5.96 Å². The number of ether oxygens (including phenoxy) is 2. The van der Waals surface area contributed by atoms with E-state index in [-0.39, 0.29) is 29.9 Å². The number of methoxy groups -OCH3 is 1. The average molecular weight is 351 g/mol. The number of nitrogens with zero attached hydrogens (tertiary/aromatic N) is 2. The molecule has 6 nitrogen and oxygen atoms in total. The number of rotatable bonds is 4. The van der Waals surface area contributed by atoms with Gasteiger partial charge in [0.2, 0.25) is 0 Å². The third-order valence-corrected chi connectivity index (χ3v) is 4.18. The minimum Gasteiger partial charge on any atom is -0.469 e. The van der Waals surface area contributed by atoms with Crippen LogP contribution in [0.5, 0.6) is 0 Å². The highest BCUT2D eigenvalue weighted by molar-refractivity contribution is 5.81. The van der Waals surface area contributed by atoms with Crippen LogP contribution < -0.4 is 5.32 Å². The first-order valence-corrected chi connectivity index (χ1v) is 8.39. The summed E-state index contributed by atoms with van der Waals surface area (Å²) in [7, 11) is 3.09. The summed E-state index contributed by atoms with van der Waals surface area (Å²) in [5.41, 5.74) is 0.927. The third-order valence-electron chi connectivity index (χ3n) is 4.18. The van der Waals surface area contributed by atoms with Crippen molar-refractivity contribution in [3.63, 3.8) is 0 Å². The van der Waals surface area contributed by atoms with Gasteiger partial charge in [-0.2, -0.15) is 0 Å². The smallest absolute Gasteiger partial charge is 0.310 e. The maximum Gasteiger partial charge on any atom is 0.310 e. The van der Waals surface area contributed by atoms with Gasteiger partial charge in [0.1, 0.15) is 11.9 Å². The zero-order valence-electron chi connectivity index (χ0n) is 15.2. The number of hydrogen-bond acceptors (Lipinski definition) is 4. The van der Waals surface area contributed by atoms with Gasteiger partial charge in [0, 0.05) is 20.1 Å². The fraction of sp³-hybridized carbons (Fsp3) is 0.556. The Balaban J connectivity index is 2.03. The van der Waals surface area contributed by atoms with Crippen molar-refractivity contribution in [2.75, 3.05) is 33.8 Å². The SMILES string of the molecule is CN=C(NCC(C)C(=O)OC)N1CC(C)OC(c2ccc(F)cc2)C1. The summed E-state index contributed by atoms with van der Waals surface area (Å²) in [5.74, 6) is -0.0904. The largest absolute Gasteiger partial charge is 0.469 e. The highest BCUT2D eigenvalue weighted by atomic mass is 19.1. The van der Waals surface area contributed by atoms with Crippen LogP contribution in [0.2, 0.25) is 0 Å². The Labute approximate surface area is 148 Å². The summed E-state index contributed by atoms with van der Waals surface area (Å²) in [4.78, 5) is 17.9. The molecule has 138 valence electrons. The van der Waals surface area contributed by atoms with Gasteiger partial charge in [-0.3, -0.25) is 9.79 Å². The molecular formula is C18H26FN3O3. The quantitative estimate of drug-likeness (QED) is 0.510. The second kappa shape index (κ2) is 8.80. The van der Waals surface area contributed by atoms with Crippen LogP contribution in [0.4, 0.5) is 4.39 Å². The third kappa shape index (κ3) is 5.16. The molecule has 1 fully saturated rings. The molecule has 1 aromatic rings. The highest BCUT2D eigenvalue weighted by Gasteiger charge is 2.28. The van der Waals surface area contributed by atoms with E-state index in [1.165, 1.54) is 19.2 Å². The second-order valence-corrected chi connectivity index (χ2v) is 6.24.